The molecule has 0 bridgehead atoms. The van der Waals surface area contributed by atoms with Gasteiger partial charge in [-0.15, -0.1) is 0 Å². The lowest BCUT2D eigenvalue weighted by Gasteiger charge is -2.20. The highest BCUT2D eigenvalue weighted by Crippen LogP contribution is 2.43. The topological polar surface area (TPSA) is 129 Å². The number of hydrogen-bond donors (Lipinski definition) is 2. The first-order chi connectivity index (χ1) is 21.6. The molecule has 0 spiro atoms. The highest BCUT2D eigenvalue weighted by molar-refractivity contribution is 8.16. The van der Waals surface area contributed by atoms with E-state index in [1.807, 2.05) is 73.9 Å². The van der Waals surface area contributed by atoms with Crippen molar-refractivity contribution in [3.05, 3.63) is 78.9 Å². The number of aromatic amines is 1. The minimum absolute atomic E-state index is 0.0363. The minimum atomic E-state index is -0.632. The van der Waals surface area contributed by atoms with Crippen LogP contribution in [-0.2, 0) is 4.74 Å². The average Bonchev–Trinajstić information content (AvgIpc) is 3.80. The Hall–Kier alpha value is -4.81. The van der Waals surface area contributed by atoms with Gasteiger partial charge in [0.15, 0.2) is 29.0 Å². The van der Waals surface area contributed by atoms with Gasteiger partial charge in [0.2, 0.25) is 5.75 Å². The van der Waals surface area contributed by atoms with Gasteiger partial charge in [-0.1, -0.05) is 18.2 Å². The summed E-state index contributed by atoms with van der Waals surface area (Å²) in [5.74, 6) is 3.15. The molecule has 226 valence electrons. The molecule has 0 amide bonds. The molecule has 2 N–H and O–H groups in total. The van der Waals surface area contributed by atoms with E-state index in [1.54, 1.807) is 25.7 Å². The summed E-state index contributed by atoms with van der Waals surface area (Å²) in [5.41, 5.74) is 2.47. The van der Waals surface area contributed by atoms with Gasteiger partial charge in [0, 0.05) is 37.0 Å². The molecular formula is C32H33N7O4S. The molecule has 5 aromatic rings. The molecule has 4 aromatic heterocycles. The maximum Gasteiger partial charge on any atom is 0.263 e. The molecule has 0 saturated carbocycles. The zero-order chi connectivity index (χ0) is 30.3. The van der Waals surface area contributed by atoms with E-state index < -0.39 is 10.7 Å². The highest BCUT2D eigenvalue weighted by atomic mass is 32.2. The van der Waals surface area contributed by atoms with Crippen LogP contribution in [0.2, 0.25) is 0 Å². The van der Waals surface area contributed by atoms with Gasteiger partial charge in [-0.3, -0.25) is 4.98 Å². The van der Waals surface area contributed by atoms with Crippen molar-refractivity contribution < 1.29 is 18.9 Å². The number of aryl methyl sites for hydroxylation is 1. The van der Waals surface area contributed by atoms with Crippen LogP contribution in [0.15, 0.2) is 78.3 Å². The molecule has 0 radical (unpaired) electrons. The number of nitrogens with one attached hydrogen (secondary N) is 2. The van der Waals surface area contributed by atoms with Gasteiger partial charge in [-0.25, -0.2) is 15.0 Å². The Morgan fingerprint density at radius 2 is 1.95 bits per heavy atom. The fraction of sp³-hybridized carbons (Fsp3) is 0.250. The van der Waals surface area contributed by atoms with Crippen LogP contribution in [0.4, 0.5) is 5.82 Å². The summed E-state index contributed by atoms with van der Waals surface area (Å²) in [6.45, 7) is 5.02. The zero-order valence-electron chi connectivity index (χ0n) is 24.7. The van der Waals surface area contributed by atoms with Crippen LogP contribution >= 0.6 is 10.7 Å². The van der Waals surface area contributed by atoms with Crippen molar-refractivity contribution in [2.75, 3.05) is 25.0 Å². The molecule has 12 heteroatoms. The van der Waals surface area contributed by atoms with Crippen molar-refractivity contribution in [3.8, 4) is 46.0 Å². The number of aromatic nitrogens is 6. The first kappa shape index (κ1) is 29.3. The van der Waals surface area contributed by atoms with Gasteiger partial charge in [0.05, 0.1) is 13.2 Å². The van der Waals surface area contributed by atoms with E-state index in [9.17, 15) is 0 Å². The van der Waals surface area contributed by atoms with Crippen LogP contribution in [0.1, 0.15) is 25.3 Å². The fourth-order valence-electron chi connectivity index (χ4n) is 4.60. The van der Waals surface area contributed by atoms with Gasteiger partial charge in [0.25, 0.3) is 5.88 Å². The molecule has 0 aliphatic carbocycles. The predicted molar refractivity (Wildman–Crippen MR) is 171 cm³/mol. The van der Waals surface area contributed by atoms with Crippen molar-refractivity contribution >= 4 is 21.9 Å². The van der Waals surface area contributed by atoms with E-state index in [-0.39, 0.29) is 12.0 Å². The lowest BCUT2D eigenvalue weighted by molar-refractivity contribution is 0.0654. The smallest absolute Gasteiger partial charge is 0.263 e. The van der Waals surface area contributed by atoms with E-state index in [0.717, 1.165) is 29.0 Å². The minimum Gasteiger partial charge on any atom is -0.493 e. The zero-order valence-corrected chi connectivity index (χ0v) is 25.5. The molecular weight excluding hydrogens is 578 g/mol. The summed E-state index contributed by atoms with van der Waals surface area (Å²) in [5, 5.41) is 2.90. The first-order valence-corrected chi connectivity index (χ1v) is 15.6. The summed E-state index contributed by atoms with van der Waals surface area (Å²) >= 11 is 0. The van der Waals surface area contributed by atoms with E-state index in [0.29, 0.717) is 53.6 Å². The first-order valence-electron chi connectivity index (χ1n) is 14.3. The van der Waals surface area contributed by atoms with Crippen LogP contribution < -0.4 is 18.9 Å². The van der Waals surface area contributed by atoms with E-state index in [2.05, 4.69) is 24.7 Å². The van der Waals surface area contributed by atoms with Crippen molar-refractivity contribution in [3.63, 3.8) is 0 Å². The van der Waals surface area contributed by atoms with Crippen LogP contribution in [0.3, 0.4) is 0 Å². The second-order valence-electron chi connectivity index (χ2n) is 9.95. The number of anilines is 1. The Kier molecular flexibility index (Phi) is 9.09. The van der Waals surface area contributed by atoms with Crippen molar-refractivity contribution in [1.29, 1.82) is 0 Å². The third-order valence-electron chi connectivity index (χ3n) is 6.86. The average molecular weight is 612 g/mol. The van der Waals surface area contributed by atoms with Gasteiger partial charge in [0.1, 0.15) is 17.3 Å². The summed E-state index contributed by atoms with van der Waals surface area (Å²) < 4.78 is 27.9. The highest BCUT2D eigenvalue weighted by Gasteiger charge is 2.24. The number of nitrogens with zero attached hydrogens (tertiary/aromatic N) is 5. The molecule has 6 rings (SSSR count). The molecule has 2 unspecified atom stereocenters. The van der Waals surface area contributed by atoms with Gasteiger partial charge in [-0.05, 0) is 78.6 Å². The Morgan fingerprint density at radius 3 is 2.68 bits per heavy atom. The molecule has 1 aromatic carbocycles. The molecule has 1 aliphatic heterocycles. The molecule has 2 atom stereocenters. The van der Waals surface area contributed by atoms with Gasteiger partial charge >= 0.3 is 0 Å². The monoisotopic (exact) mass is 611 g/mol. The largest absolute Gasteiger partial charge is 0.493 e. The number of imidazole rings is 1. The molecule has 1 fully saturated rings. The molecule has 5 heterocycles. The van der Waals surface area contributed by atoms with Gasteiger partial charge < -0.3 is 28.7 Å². The number of hydrogen-bond acceptors (Lipinski definition) is 10. The van der Waals surface area contributed by atoms with Gasteiger partial charge in [-0.2, -0.15) is 4.98 Å². The molecule has 44 heavy (non-hydrogen) atoms. The Balaban J connectivity index is 1.48. The summed E-state index contributed by atoms with van der Waals surface area (Å²) in [7, 11) is 0.967. The van der Waals surface area contributed by atoms with Crippen molar-refractivity contribution in [1.82, 2.24) is 29.9 Å². The molecule has 1 saturated heterocycles. The third kappa shape index (κ3) is 6.71. The maximum atomic E-state index is 6.52. The van der Waals surface area contributed by atoms with E-state index in [4.69, 9.17) is 28.9 Å². The van der Waals surface area contributed by atoms with E-state index in [1.165, 1.54) is 0 Å². The lowest BCUT2D eigenvalue weighted by Crippen LogP contribution is -2.17. The Bertz CT molecular complexity index is 1740. The molecule has 11 nitrogen and oxygen atoms in total. The Labute approximate surface area is 258 Å². The maximum absolute atomic E-state index is 6.52. The number of rotatable bonds is 11. The second-order valence-corrected chi connectivity index (χ2v) is 11.7. The van der Waals surface area contributed by atoms with Crippen LogP contribution in [-0.4, -0.2) is 61.7 Å². The number of benzene rings is 1. The van der Waals surface area contributed by atoms with Crippen LogP contribution in [0.25, 0.3) is 22.9 Å². The second kappa shape index (κ2) is 13.7. The normalized spacial score (nSPS) is 15.2. The fourth-order valence-corrected chi connectivity index (χ4v) is 5.80. The standard InChI is InChI=1S/C32H33N7O4S/c1-4-44(27-12-11-21(2)19-36-27)39-31-28(43-26-10-6-5-9-25(26)40-3)32(42-20-23-8-7-17-41-23)38-29(37-31)22-13-14-33-24(18-22)30-34-15-16-35-30/h4-6,9-16,18-19,23H,7-8,17,20H2,1-3H3,(H,34,35)(H,37,38,39). The van der Waals surface area contributed by atoms with E-state index >= 15 is 0 Å². The quantitative estimate of drug-likeness (QED) is 0.160. The summed E-state index contributed by atoms with van der Waals surface area (Å²) in [6, 6.07) is 15.2. The predicted octanol–water partition coefficient (Wildman–Crippen LogP) is 6.47. The summed E-state index contributed by atoms with van der Waals surface area (Å²) in [6.07, 6.45) is 8.86. The number of H-pyrrole nitrogens is 1. The Morgan fingerprint density at radius 1 is 1.07 bits per heavy atom. The SMILES string of the molecule is C/C=S(/Nc1nc(-c2ccnc(-c3ncc[nH]3)c2)nc(OCC2CCCO2)c1Oc1ccccc1OC)c1ccc(C)cn1. The summed E-state index contributed by atoms with van der Waals surface area (Å²) in [4.78, 5) is 26.5. The van der Waals surface area contributed by atoms with Crippen LogP contribution in [0, 0.1) is 6.92 Å². The number of para-hydroxylation sites is 2. The number of ether oxygens (including phenoxy) is 4. The number of pyridine rings is 2. The van der Waals surface area contributed by atoms with Crippen molar-refractivity contribution in [2.24, 2.45) is 0 Å². The lowest BCUT2D eigenvalue weighted by atomic mass is 10.2. The number of methoxy groups -OCH3 is 1. The third-order valence-corrected chi connectivity index (χ3v) is 8.43. The van der Waals surface area contributed by atoms with Crippen molar-refractivity contribution in [2.45, 2.75) is 37.8 Å². The van der Waals surface area contributed by atoms with Crippen LogP contribution in [0.5, 0.6) is 23.1 Å². The molecule has 1 aliphatic rings.